The van der Waals surface area contributed by atoms with Crippen molar-refractivity contribution < 1.29 is 0 Å². The molecule has 0 amide bonds. The number of rotatable bonds is 8. The SMILES string of the molecule is CCC#CCCCCCCCCC(C)C. The lowest BCUT2D eigenvalue weighted by atomic mass is 10.0. The van der Waals surface area contributed by atoms with Crippen molar-refractivity contribution in [1.29, 1.82) is 0 Å². The van der Waals surface area contributed by atoms with Gasteiger partial charge in [0.2, 0.25) is 0 Å². The van der Waals surface area contributed by atoms with Crippen LogP contribution in [0.2, 0.25) is 0 Å². The van der Waals surface area contributed by atoms with Gasteiger partial charge < -0.3 is 0 Å². The Morgan fingerprint density at radius 3 is 2.00 bits per heavy atom. The summed E-state index contributed by atoms with van der Waals surface area (Å²) >= 11 is 0. The van der Waals surface area contributed by atoms with Gasteiger partial charge >= 0.3 is 0 Å². The lowest BCUT2D eigenvalue weighted by Crippen LogP contribution is -1.87. The average Bonchev–Trinajstić information content (AvgIpc) is 2.20. The van der Waals surface area contributed by atoms with Crippen molar-refractivity contribution >= 4 is 0 Å². The molecule has 0 aromatic carbocycles. The van der Waals surface area contributed by atoms with E-state index in [1.165, 1.54) is 44.9 Å². The van der Waals surface area contributed by atoms with Crippen LogP contribution in [-0.4, -0.2) is 0 Å². The zero-order chi connectivity index (χ0) is 11.4. The van der Waals surface area contributed by atoms with Crippen LogP contribution >= 0.6 is 0 Å². The number of hydrogen-bond donors (Lipinski definition) is 0. The van der Waals surface area contributed by atoms with Gasteiger partial charge in [0, 0.05) is 12.8 Å². The van der Waals surface area contributed by atoms with E-state index in [1.54, 1.807) is 0 Å². The predicted molar refractivity (Wildman–Crippen MR) is 69.8 cm³/mol. The summed E-state index contributed by atoms with van der Waals surface area (Å²) in [6.45, 7) is 6.74. The van der Waals surface area contributed by atoms with Gasteiger partial charge in [-0.1, -0.05) is 59.3 Å². The summed E-state index contributed by atoms with van der Waals surface area (Å²) in [6, 6.07) is 0. The quantitative estimate of drug-likeness (QED) is 0.381. The topological polar surface area (TPSA) is 0 Å². The Morgan fingerprint density at radius 1 is 0.800 bits per heavy atom. The van der Waals surface area contributed by atoms with Crippen molar-refractivity contribution in [3.8, 4) is 11.8 Å². The Kier molecular flexibility index (Phi) is 11.3. The molecule has 0 spiro atoms. The number of unbranched alkanes of at least 4 members (excludes halogenated alkanes) is 6. The molecule has 0 atom stereocenters. The van der Waals surface area contributed by atoms with Gasteiger partial charge in [0.25, 0.3) is 0 Å². The Bertz CT molecular complexity index is 168. The second kappa shape index (κ2) is 11.6. The Labute approximate surface area is 96.8 Å². The first-order chi connectivity index (χ1) is 7.27. The Balaban J connectivity index is 2.99. The van der Waals surface area contributed by atoms with E-state index in [4.69, 9.17) is 0 Å². The van der Waals surface area contributed by atoms with Gasteiger partial charge in [-0.3, -0.25) is 0 Å². The lowest BCUT2D eigenvalue weighted by molar-refractivity contribution is 0.512. The van der Waals surface area contributed by atoms with Gasteiger partial charge in [-0.05, 0) is 12.3 Å². The molecule has 0 radical (unpaired) electrons. The van der Waals surface area contributed by atoms with Gasteiger partial charge in [0.1, 0.15) is 0 Å². The van der Waals surface area contributed by atoms with Crippen molar-refractivity contribution in [1.82, 2.24) is 0 Å². The van der Waals surface area contributed by atoms with Crippen molar-refractivity contribution in [2.75, 3.05) is 0 Å². The van der Waals surface area contributed by atoms with Crippen LogP contribution in [0.25, 0.3) is 0 Å². The largest absolute Gasteiger partial charge is 0.104 e. The first-order valence-corrected chi connectivity index (χ1v) is 6.73. The molecule has 0 fully saturated rings. The van der Waals surface area contributed by atoms with Crippen LogP contribution in [0.4, 0.5) is 0 Å². The fraction of sp³-hybridized carbons (Fsp3) is 0.867. The normalized spacial score (nSPS) is 10.1. The monoisotopic (exact) mass is 208 g/mol. The van der Waals surface area contributed by atoms with Gasteiger partial charge in [-0.15, -0.1) is 11.8 Å². The molecule has 0 aromatic heterocycles. The van der Waals surface area contributed by atoms with Crippen LogP contribution < -0.4 is 0 Å². The molecule has 0 aliphatic carbocycles. The van der Waals surface area contributed by atoms with Crippen LogP contribution in [0.3, 0.4) is 0 Å². The first-order valence-electron chi connectivity index (χ1n) is 6.73. The van der Waals surface area contributed by atoms with E-state index < -0.39 is 0 Å². The van der Waals surface area contributed by atoms with Crippen LogP contribution in [0.15, 0.2) is 0 Å². The molecule has 0 N–H and O–H groups in total. The molecule has 0 heteroatoms. The first kappa shape index (κ1) is 14.6. The molecule has 0 saturated carbocycles. The van der Waals surface area contributed by atoms with E-state index in [0.29, 0.717) is 0 Å². The van der Waals surface area contributed by atoms with Crippen LogP contribution in [0.1, 0.15) is 78.6 Å². The molecule has 0 aliphatic rings. The highest BCUT2D eigenvalue weighted by Crippen LogP contribution is 2.11. The zero-order valence-corrected chi connectivity index (χ0v) is 10.9. The van der Waals surface area contributed by atoms with Crippen molar-refractivity contribution in [3.05, 3.63) is 0 Å². The summed E-state index contributed by atoms with van der Waals surface area (Å²) in [5.74, 6) is 7.21. The van der Waals surface area contributed by atoms with Gasteiger partial charge in [0.15, 0.2) is 0 Å². The predicted octanol–water partition coefficient (Wildman–Crippen LogP) is 5.18. The van der Waals surface area contributed by atoms with E-state index >= 15 is 0 Å². The molecular formula is C15H28. The minimum absolute atomic E-state index is 0.884. The van der Waals surface area contributed by atoms with E-state index in [0.717, 1.165) is 18.8 Å². The van der Waals surface area contributed by atoms with Gasteiger partial charge in [-0.25, -0.2) is 0 Å². The molecule has 0 heterocycles. The van der Waals surface area contributed by atoms with Gasteiger partial charge in [-0.2, -0.15) is 0 Å². The lowest BCUT2D eigenvalue weighted by Gasteiger charge is -2.03. The summed E-state index contributed by atoms with van der Waals surface area (Å²) in [6.07, 6.45) is 11.9. The van der Waals surface area contributed by atoms with Crippen molar-refractivity contribution in [2.24, 2.45) is 5.92 Å². The minimum atomic E-state index is 0.884. The van der Waals surface area contributed by atoms with Crippen molar-refractivity contribution in [3.63, 3.8) is 0 Å². The maximum absolute atomic E-state index is 3.20. The molecule has 0 saturated heterocycles. The summed E-state index contributed by atoms with van der Waals surface area (Å²) in [7, 11) is 0. The fourth-order valence-corrected chi connectivity index (χ4v) is 1.69. The van der Waals surface area contributed by atoms with E-state index in [-0.39, 0.29) is 0 Å². The average molecular weight is 208 g/mol. The standard InChI is InChI=1S/C15H28/c1-4-5-6-7-8-9-10-11-12-13-14-15(2)3/h15H,4,7-14H2,1-3H3. The Morgan fingerprint density at radius 2 is 1.40 bits per heavy atom. The molecule has 0 aliphatic heterocycles. The maximum atomic E-state index is 3.20. The zero-order valence-electron chi connectivity index (χ0n) is 10.9. The molecular weight excluding hydrogens is 180 g/mol. The highest BCUT2D eigenvalue weighted by atomic mass is 14.0. The second-order valence-electron chi connectivity index (χ2n) is 4.76. The molecule has 0 bridgehead atoms. The summed E-state index contributed by atoms with van der Waals surface area (Å²) in [5, 5.41) is 0. The molecule has 15 heavy (non-hydrogen) atoms. The van der Waals surface area contributed by atoms with E-state index in [9.17, 15) is 0 Å². The third-order valence-corrected chi connectivity index (χ3v) is 2.64. The summed E-state index contributed by atoms with van der Waals surface area (Å²) in [4.78, 5) is 0. The highest BCUT2D eigenvalue weighted by Gasteiger charge is 1.94. The molecule has 0 nitrogen and oxygen atoms in total. The number of hydrogen-bond acceptors (Lipinski definition) is 0. The highest BCUT2D eigenvalue weighted by molar-refractivity contribution is 4.97. The van der Waals surface area contributed by atoms with Crippen molar-refractivity contribution in [2.45, 2.75) is 78.6 Å². The third kappa shape index (κ3) is 13.6. The third-order valence-electron chi connectivity index (χ3n) is 2.64. The smallest absolute Gasteiger partial charge is 0.00886 e. The van der Waals surface area contributed by atoms with E-state index in [1.807, 2.05) is 0 Å². The summed E-state index contributed by atoms with van der Waals surface area (Å²) in [5.41, 5.74) is 0. The van der Waals surface area contributed by atoms with Crippen LogP contribution in [0.5, 0.6) is 0 Å². The van der Waals surface area contributed by atoms with E-state index in [2.05, 4.69) is 32.6 Å². The van der Waals surface area contributed by atoms with Gasteiger partial charge in [0.05, 0.1) is 0 Å². The molecule has 0 unspecified atom stereocenters. The fourth-order valence-electron chi connectivity index (χ4n) is 1.69. The Hall–Kier alpha value is -0.440. The minimum Gasteiger partial charge on any atom is -0.104 e. The van der Waals surface area contributed by atoms with Crippen LogP contribution in [-0.2, 0) is 0 Å². The van der Waals surface area contributed by atoms with Crippen LogP contribution in [0, 0.1) is 17.8 Å². The second-order valence-corrected chi connectivity index (χ2v) is 4.76. The molecule has 88 valence electrons. The maximum Gasteiger partial charge on any atom is 0.00886 e. The molecule has 0 aromatic rings. The molecule has 0 rings (SSSR count). The summed E-state index contributed by atoms with van der Waals surface area (Å²) < 4.78 is 0.